The lowest BCUT2D eigenvalue weighted by Crippen LogP contribution is -2.39. The molecule has 0 bridgehead atoms. The number of pyridine rings is 1. The molecule has 0 spiro atoms. The van der Waals surface area contributed by atoms with E-state index in [1.165, 1.54) is 19.2 Å². The molecule has 1 aromatic rings. The van der Waals surface area contributed by atoms with Crippen LogP contribution in [0.3, 0.4) is 0 Å². The van der Waals surface area contributed by atoms with Crippen molar-refractivity contribution in [3.05, 3.63) is 29.6 Å². The maximum atomic E-state index is 11.8. The number of amides is 3. The molecular formula is C14H19N3O4. The molecule has 2 N–H and O–H groups in total. The molecule has 0 atom stereocenters. The summed E-state index contributed by atoms with van der Waals surface area (Å²) in [5, 5.41) is 4.79. The fraction of sp³-hybridized carbons (Fsp3) is 0.429. The van der Waals surface area contributed by atoms with E-state index in [1.807, 2.05) is 6.92 Å². The average Bonchev–Trinajstić information content (AvgIpc) is 2.45. The number of aromatic nitrogens is 1. The van der Waals surface area contributed by atoms with Crippen LogP contribution >= 0.6 is 0 Å². The van der Waals surface area contributed by atoms with E-state index in [0.29, 0.717) is 12.2 Å². The topological polar surface area (TPSA) is 97.4 Å². The molecule has 0 unspecified atom stereocenters. The Labute approximate surface area is 123 Å². The second-order valence-corrected chi connectivity index (χ2v) is 4.38. The Kier molecular flexibility index (Phi) is 6.86. The molecule has 7 heteroatoms. The third-order valence-electron chi connectivity index (χ3n) is 2.55. The van der Waals surface area contributed by atoms with Gasteiger partial charge in [-0.2, -0.15) is 0 Å². The molecule has 3 amide bonds. The van der Waals surface area contributed by atoms with Crippen molar-refractivity contribution in [2.45, 2.75) is 33.3 Å². The Morgan fingerprint density at radius 1 is 1.29 bits per heavy atom. The van der Waals surface area contributed by atoms with Crippen molar-refractivity contribution in [1.82, 2.24) is 15.6 Å². The number of hydrogen-bond acceptors (Lipinski definition) is 5. The van der Waals surface area contributed by atoms with E-state index >= 15 is 0 Å². The van der Waals surface area contributed by atoms with E-state index in [1.54, 1.807) is 6.07 Å². The highest BCUT2D eigenvalue weighted by Crippen LogP contribution is 2.02. The first-order valence-corrected chi connectivity index (χ1v) is 6.70. The lowest BCUT2D eigenvalue weighted by molar-refractivity contribution is -0.142. The number of hydrogen-bond donors (Lipinski definition) is 2. The van der Waals surface area contributed by atoms with E-state index < -0.39 is 17.9 Å². The number of urea groups is 1. The fourth-order valence-electron chi connectivity index (χ4n) is 1.42. The van der Waals surface area contributed by atoms with Crippen LogP contribution in [0.1, 0.15) is 42.7 Å². The Balaban J connectivity index is 2.47. The van der Waals surface area contributed by atoms with Crippen LogP contribution in [0.15, 0.2) is 18.3 Å². The van der Waals surface area contributed by atoms with Gasteiger partial charge in [0, 0.05) is 19.7 Å². The minimum atomic E-state index is -0.532. The Hall–Kier alpha value is -2.44. The molecule has 0 aliphatic heterocycles. The SMILES string of the molecule is CCCCNC(=O)NC(=O)c1ccc(COC(C)=O)nc1. The van der Waals surface area contributed by atoms with E-state index in [2.05, 4.69) is 15.6 Å². The monoisotopic (exact) mass is 293 g/mol. The van der Waals surface area contributed by atoms with Gasteiger partial charge in [-0.05, 0) is 18.6 Å². The summed E-state index contributed by atoms with van der Waals surface area (Å²) in [5.74, 6) is -0.932. The first-order chi connectivity index (χ1) is 10.0. The van der Waals surface area contributed by atoms with Gasteiger partial charge in [0.25, 0.3) is 5.91 Å². The van der Waals surface area contributed by atoms with Crippen molar-refractivity contribution in [1.29, 1.82) is 0 Å². The van der Waals surface area contributed by atoms with Gasteiger partial charge in [0.05, 0.1) is 11.3 Å². The fourth-order valence-corrected chi connectivity index (χ4v) is 1.42. The molecule has 1 heterocycles. The van der Waals surface area contributed by atoms with Gasteiger partial charge in [0.2, 0.25) is 0 Å². The maximum absolute atomic E-state index is 11.8. The molecule has 0 saturated heterocycles. The van der Waals surface area contributed by atoms with E-state index in [9.17, 15) is 14.4 Å². The Morgan fingerprint density at radius 3 is 2.62 bits per heavy atom. The lowest BCUT2D eigenvalue weighted by Gasteiger charge is -2.06. The zero-order chi connectivity index (χ0) is 15.7. The number of unbranched alkanes of at least 4 members (excludes halogenated alkanes) is 1. The average molecular weight is 293 g/mol. The molecule has 21 heavy (non-hydrogen) atoms. The van der Waals surface area contributed by atoms with Crippen LogP contribution in [0.2, 0.25) is 0 Å². The van der Waals surface area contributed by atoms with Crippen molar-refractivity contribution >= 4 is 17.9 Å². The van der Waals surface area contributed by atoms with Crippen molar-refractivity contribution in [2.24, 2.45) is 0 Å². The van der Waals surface area contributed by atoms with Crippen molar-refractivity contribution in [3.8, 4) is 0 Å². The molecule has 7 nitrogen and oxygen atoms in total. The predicted molar refractivity (Wildman–Crippen MR) is 75.5 cm³/mol. The summed E-state index contributed by atoms with van der Waals surface area (Å²) < 4.78 is 4.78. The summed E-state index contributed by atoms with van der Waals surface area (Å²) in [7, 11) is 0. The summed E-state index contributed by atoms with van der Waals surface area (Å²) in [5.41, 5.74) is 0.779. The van der Waals surface area contributed by atoms with Gasteiger partial charge in [-0.3, -0.25) is 19.9 Å². The minimum Gasteiger partial charge on any atom is -0.459 e. The number of carbonyl (C=O) groups excluding carboxylic acids is 3. The molecule has 0 radical (unpaired) electrons. The molecule has 0 saturated carbocycles. The van der Waals surface area contributed by atoms with Crippen LogP contribution in [-0.4, -0.2) is 29.4 Å². The van der Waals surface area contributed by atoms with Crippen molar-refractivity contribution in [3.63, 3.8) is 0 Å². The van der Waals surface area contributed by atoms with Crippen LogP contribution in [0.25, 0.3) is 0 Å². The molecular weight excluding hydrogens is 274 g/mol. The highest BCUT2D eigenvalue weighted by atomic mass is 16.5. The van der Waals surface area contributed by atoms with Gasteiger partial charge in [-0.25, -0.2) is 4.79 Å². The minimum absolute atomic E-state index is 0.0503. The highest BCUT2D eigenvalue weighted by Gasteiger charge is 2.10. The van der Waals surface area contributed by atoms with Crippen LogP contribution in [0.4, 0.5) is 4.79 Å². The smallest absolute Gasteiger partial charge is 0.321 e. The van der Waals surface area contributed by atoms with Crippen LogP contribution < -0.4 is 10.6 Å². The zero-order valence-electron chi connectivity index (χ0n) is 12.1. The number of nitrogens with zero attached hydrogens (tertiary/aromatic N) is 1. The van der Waals surface area contributed by atoms with Crippen molar-refractivity contribution < 1.29 is 19.1 Å². The first kappa shape index (κ1) is 16.6. The third-order valence-corrected chi connectivity index (χ3v) is 2.55. The molecule has 0 aromatic carbocycles. The molecule has 0 aliphatic carbocycles. The molecule has 1 rings (SSSR count). The van der Waals surface area contributed by atoms with Gasteiger partial charge < -0.3 is 10.1 Å². The highest BCUT2D eigenvalue weighted by molar-refractivity contribution is 6.03. The largest absolute Gasteiger partial charge is 0.459 e. The standard InChI is InChI=1S/C14H19N3O4/c1-3-4-7-15-14(20)17-13(19)11-5-6-12(16-8-11)9-21-10(2)18/h5-6,8H,3-4,7,9H2,1-2H3,(H2,15,17,19,20). The number of nitrogens with one attached hydrogen (secondary N) is 2. The molecule has 114 valence electrons. The van der Waals surface area contributed by atoms with E-state index in [0.717, 1.165) is 12.8 Å². The van der Waals surface area contributed by atoms with Gasteiger partial charge in [0.1, 0.15) is 6.61 Å². The quantitative estimate of drug-likeness (QED) is 0.610. The van der Waals surface area contributed by atoms with Crippen LogP contribution in [0.5, 0.6) is 0 Å². The second kappa shape index (κ2) is 8.68. The summed E-state index contributed by atoms with van der Waals surface area (Å²) >= 11 is 0. The Morgan fingerprint density at radius 2 is 2.05 bits per heavy atom. The summed E-state index contributed by atoms with van der Waals surface area (Å²) in [6, 6.07) is 2.55. The number of carbonyl (C=O) groups is 3. The zero-order valence-corrected chi connectivity index (χ0v) is 12.1. The number of rotatable bonds is 6. The molecule has 0 aliphatic rings. The van der Waals surface area contributed by atoms with Crippen LogP contribution in [0, 0.1) is 0 Å². The number of imide groups is 1. The normalized spacial score (nSPS) is 9.81. The summed E-state index contributed by atoms with van der Waals surface area (Å²) in [4.78, 5) is 37.8. The number of esters is 1. The molecule has 0 fully saturated rings. The van der Waals surface area contributed by atoms with Gasteiger partial charge in [-0.15, -0.1) is 0 Å². The predicted octanol–water partition coefficient (Wildman–Crippen LogP) is 1.38. The first-order valence-electron chi connectivity index (χ1n) is 6.70. The molecule has 1 aromatic heterocycles. The Bertz CT molecular complexity index is 499. The second-order valence-electron chi connectivity index (χ2n) is 4.38. The summed E-state index contributed by atoms with van der Waals surface area (Å²) in [6.07, 6.45) is 3.14. The van der Waals surface area contributed by atoms with Crippen LogP contribution in [-0.2, 0) is 16.1 Å². The van der Waals surface area contributed by atoms with E-state index in [4.69, 9.17) is 4.74 Å². The third kappa shape index (κ3) is 6.51. The summed E-state index contributed by atoms with van der Waals surface area (Å²) in [6.45, 7) is 3.89. The lowest BCUT2D eigenvalue weighted by atomic mass is 10.2. The van der Waals surface area contributed by atoms with Gasteiger partial charge in [-0.1, -0.05) is 13.3 Å². The van der Waals surface area contributed by atoms with Gasteiger partial charge in [0.15, 0.2) is 0 Å². The van der Waals surface area contributed by atoms with Crippen molar-refractivity contribution in [2.75, 3.05) is 6.54 Å². The maximum Gasteiger partial charge on any atom is 0.321 e. The van der Waals surface area contributed by atoms with E-state index in [-0.39, 0.29) is 12.2 Å². The van der Waals surface area contributed by atoms with Gasteiger partial charge >= 0.3 is 12.0 Å². The number of ether oxygens (including phenoxy) is 1.